The van der Waals surface area contributed by atoms with Crippen molar-refractivity contribution in [3.8, 4) is 0 Å². The zero-order valence-electron chi connectivity index (χ0n) is 20.1. The van der Waals surface area contributed by atoms with Crippen LogP contribution in [-0.2, 0) is 6.42 Å². The van der Waals surface area contributed by atoms with Crippen LogP contribution in [-0.4, -0.2) is 62.9 Å². The first kappa shape index (κ1) is 24.3. The Morgan fingerprint density at radius 3 is 2.37 bits per heavy atom. The number of amides is 1. The second-order valence-electron chi connectivity index (χ2n) is 8.23. The van der Waals surface area contributed by atoms with Gasteiger partial charge in [-0.05, 0) is 62.3 Å². The SMILES string of the molecule is CCc1ccccc1NC(=S)/N=C(/Nc1nc(C)cc(C)n1)N1CCN(C(=O)c2ccco2)CC1. The highest BCUT2D eigenvalue weighted by atomic mass is 32.1. The fourth-order valence-electron chi connectivity index (χ4n) is 3.93. The lowest BCUT2D eigenvalue weighted by Crippen LogP contribution is -2.52. The van der Waals surface area contributed by atoms with Gasteiger partial charge in [0.2, 0.25) is 17.0 Å². The van der Waals surface area contributed by atoms with Gasteiger partial charge in [0, 0.05) is 43.3 Å². The van der Waals surface area contributed by atoms with Crippen LogP contribution in [0, 0.1) is 13.8 Å². The van der Waals surface area contributed by atoms with Gasteiger partial charge < -0.3 is 19.5 Å². The van der Waals surface area contributed by atoms with E-state index in [4.69, 9.17) is 21.6 Å². The van der Waals surface area contributed by atoms with E-state index in [2.05, 4.69) is 33.6 Å². The van der Waals surface area contributed by atoms with Gasteiger partial charge in [-0.1, -0.05) is 25.1 Å². The predicted molar refractivity (Wildman–Crippen MR) is 141 cm³/mol. The molecule has 35 heavy (non-hydrogen) atoms. The maximum atomic E-state index is 12.7. The maximum absolute atomic E-state index is 12.7. The van der Waals surface area contributed by atoms with Gasteiger partial charge in [0.15, 0.2) is 5.76 Å². The zero-order valence-corrected chi connectivity index (χ0v) is 20.9. The van der Waals surface area contributed by atoms with Gasteiger partial charge in [0.1, 0.15) is 0 Å². The minimum absolute atomic E-state index is 0.118. The van der Waals surface area contributed by atoms with E-state index in [9.17, 15) is 4.79 Å². The first-order chi connectivity index (χ1) is 16.9. The van der Waals surface area contributed by atoms with Crippen LogP contribution >= 0.6 is 12.2 Å². The van der Waals surface area contributed by atoms with Gasteiger partial charge in [-0.3, -0.25) is 10.1 Å². The van der Waals surface area contributed by atoms with Crippen molar-refractivity contribution in [2.75, 3.05) is 36.8 Å². The van der Waals surface area contributed by atoms with Crippen LogP contribution in [0.2, 0.25) is 0 Å². The monoisotopic (exact) mass is 491 g/mol. The standard InChI is InChI=1S/C25H29N7O2S/c1-4-19-8-5-6-9-20(19)28-25(35)30-24(29-23-26-17(2)16-18(3)27-23)32-13-11-31(12-14-32)22(33)21-10-7-15-34-21/h5-10,15-16H,4,11-14H2,1-3H3,(H2,26,27,28,29,30,35). The van der Waals surface area contributed by atoms with Gasteiger partial charge in [0.05, 0.1) is 6.26 Å². The molecule has 0 bridgehead atoms. The summed E-state index contributed by atoms with van der Waals surface area (Å²) in [4.78, 5) is 30.2. The molecule has 9 nitrogen and oxygen atoms in total. The number of aliphatic imine (C=N–C) groups is 1. The lowest BCUT2D eigenvalue weighted by Gasteiger charge is -2.36. The molecule has 2 N–H and O–H groups in total. The topological polar surface area (TPSA) is 98.9 Å². The number of hydrogen-bond donors (Lipinski definition) is 2. The second-order valence-corrected chi connectivity index (χ2v) is 8.62. The number of anilines is 2. The highest BCUT2D eigenvalue weighted by molar-refractivity contribution is 7.80. The molecule has 0 atom stereocenters. The van der Waals surface area contributed by atoms with E-state index in [0.717, 1.165) is 29.1 Å². The van der Waals surface area contributed by atoms with Crippen LogP contribution in [0.15, 0.2) is 58.1 Å². The van der Waals surface area contributed by atoms with Crippen LogP contribution in [0.5, 0.6) is 0 Å². The summed E-state index contributed by atoms with van der Waals surface area (Å²) in [6, 6.07) is 13.3. The number of carbonyl (C=O) groups is 1. The number of guanidine groups is 1. The Labute approximate surface area is 210 Å². The van der Waals surface area contributed by atoms with Crippen molar-refractivity contribution in [2.45, 2.75) is 27.2 Å². The van der Waals surface area contributed by atoms with Crippen molar-refractivity contribution in [2.24, 2.45) is 4.99 Å². The molecule has 0 spiro atoms. The third kappa shape index (κ3) is 6.21. The molecule has 1 aliphatic heterocycles. The van der Waals surface area contributed by atoms with Crippen LogP contribution in [0.25, 0.3) is 0 Å². The maximum Gasteiger partial charge on any atom is 0.289 e. The van der Waals surface area contributed by atoms with E-state index in [1.54, 1.807) is 17.0 Å². The average molecular weight is 492 g/mol. The summed E-state index contributed by atoms with van der Waals surface area (Å²) in [6.45, 7) is 8.11. The molecule has 3 aromatic rings. The summed E-state index contributed by atoms with van der Waals surface area (Å²) in [7, 11) is 0. The van der Waals surface area contributed by atoms with Gasteiger partial charge >= 0.3 is 0 Å². The molecule has 0 aliphatic carbocycles. The molecule has 0 saturated carbocycles. The molecule has 1 saturated heterocycles. The van der Waals surface area contributed by atoms with Crippen molar-refractivity contribution in [3.05, 3.63) is 71.4 Å². The normalized spacial score (nSPS) is 14.1. The molecule has 1 amide bonds. The van der Waals surface area contributed by atoms with E-state index in [1.807, 2.05) is 43.0 Å². The Balaban J connectivity index is 1.53. The second kappa shape index (κ2) is 11.1. The number of furan rings is 1. The van der Waals surface area contributed by atoms with Crippen LogP contribution in [0.1, 0.15) is 34.4 Å². The van der Waals surface area contributed by atoms with E-state index < -0.39 is 0 Å². The van der Waals surface area contributed by atoms with Crippen LogP contribution < -0.4 is 10.6 Å². The Bertz CT molecular complexity index is 1200. The Morgan fingerprint density at radius 2 is 1.71 bits per heavy atom. The number of benzene rings is 1. The third-order valence-corrected chi connectivity index (χ3v) is 5.84. The first-order valence-electron chi connectivity index (χ1n) is 11.6. The van der Waals surface area contributed by atoms with E-state index >= 15 is 0 Å². The molecule has 2 aromatic heterocycles. The lowest BCUT2D eigenvalue weighted by atomic mass is 10.1. The summed E-state index contributed by atoms with van der Waals surface area (Å²) < 4.78 is 5.27. The molecular weight excluding hydrogens is 462 g/mol. The number of aromatic nitrogens is 2. The average Bonchev–Trinajstić information content (AvgIpc) is 3.38. The molecule has 1 aliphatic rings. The number of hydrogen-bond acceptors (Lipinski definition) is 5. The molecular formula is C25H29N7O2S. The number of nitrogens with zero attached hydrogens (tertiary/aromatic N) is 5. The molecule has 4 rings (SSSR count). The Kier molecular flexibility index (Phi) is 7.71. The highest BCUT2D eigenvalue weighted by Gasteiger charge is 2.26. The van der Waals surface area contributed by atoms with Crippen molar-refractivity contribution in [1.82, 2.24) is 19.8 Å². The fraction of sp³-hybridized carbons (Fsp3) is 0.320. The number of piperazine rings is 1. The number of para-hydroxylation sites is 1. The highest BCUT2D eigenvalue weighted by Crippen LogP contribution is 2.16. The smallest absolute Gasteiger partial charge is 0.289 e. The number of aryl methyl sites for hydroxylation is 3. The number of thiocarbonyl (C=S) groups is 1. The Hall–Kier alpha value is -3.79. The molecule has 182 valence electrons. The molecule has 1 fully saturated rings. The molecule has 0 unspecified atom stereocenters. The largest absolute Gasteiger partial charge is 0.459 e. The van der Waals surface area contributed by atoms with Crippen LogP contribution in [0.3, 0.4) is 0 Å². The van der Waals surface area contributed by atoms with E-state index in [-0.39, 0.29) is 5.91 Å². The molecule has 3 heterocycles. The van der Waals surface area contributed by atoms with Crippen molar-refractivity contribution < 1.29 is 9.21 Å². The van der Waals surface area contributed by atoms with E-state index in [1.165, 1.54) is 6.26 Å². The zero-order chi connectivity index (χ0) is 24.8. The van der Waals surface area contributed by atoms with Gasteiger partial charge in [-0.2, -0.15) is 4.99 Å². The fourth-order valence-corrected chi connectivity index (χ4v) is 4.12. The Morgan fingerprint density at radius 1 is 1.03 bits per heavy atom. The van der Waals surface area contributed by atoms with Gasteiger partial charge in [-0.25, -0.2) is 9.97 Å². The summed E-state index contributed by atoms with van der Waals surface area (Å²) in [6.07, 6.45) is 2.38. The molecule has 0 radical (unpaired) electrons. The summed E-state index contributed by atoms with van der Waals surface area (Å²) >= 11 is 5.59. The molecule has 10 heteroatoms. The minimum atomic E-state index is -0.118. The summed E-state index contributed by atoms with van der Waals surface area (Å²) in [5, 5.41) is 6.82. The first-order valence-corrected chi connectivity index (χ1v) is 12.0. The minimum Gasteiger partial charge on any atom is -0.459 e. The van der Waals surface area contributed by atoms with Crippen molar-refractivity contribution in [3.63, 3.8) is 0 Å². The van der Waals surface area contributed by atoms with Crippen LogP contribution in [0.4, 0.5) is 11.6 Å². The lowest BCUT2D eigenvalue weighted by molar-refractivity contribution is 0.0660. The number of carbonyl (C=O) groups excluding carboxylic acids is 1. The summed E-state index contributed by atoms with van der Waals surface area (Å²) in [5.41, 5.74) is 3.79. The van der Waals surface area contributed by atoms with Gasteiger partial charge in [-0.15, -0.1) is 0 Å². The summed E-state index contributed by atoms with van der Waals surface area (Å²) in [5.74, 6) is 1.21. The number of rotatable bonds is 4. The van der Waals surface area contributed by atoms with Crippen molar-refractivity contribution >= 4 is 40.8 Å². The predicted octanol–water partition coefficient (Wildman–Crippen LogP) is 3.87. The number of nitrogens with one attached hydrogen (secondary N) is 2. The van der Waals surface area contributed by atoms with E-state index in [0.29, 0.717) is 49.0 Å². The third-order valence-electron chi connectivity index (χ3n) is 5.65. The van der Waals surface area contributed by atoms with Crippen molar-refractivity contribution in [1.29, 1.82) is 0 Å². The van der Waals surface area contributed by atoms with Gasteiger partial charge in [0.25, 0.3) is 5.91 Å². The quantitative estimate of drug-likeness (QED) is 0.322. The molecule has 1 aromatic carbocycles.